The smallest absolute Gasteiger partial charge is 0.335 e. The van der Waals surface area contributed by atoms with E-state index in [0.29, 0.717) is 11.3 Å². The van der Waals surface area contributed by atoms with Crippen LogP contribution in [0.25, 0.3) is 5.57 Å². The molecule has 0 atom stereocenters. The zero-order valence-corrected chi connectivity index (χ0v) is 21.3. The Morgan fingerprint density at radius 1 is 0.946 bits per heavy atom. The SMILES string of the molecule is CC1(C)CC=C(c2ccc(CN3CCOCC3)cc2)c2cc(NC(=O)c3ccc(C(=O)O)cc3)ccc21. The maximum absolute atomic E-state index is 12.9. The van der Waals surface area contributed by atoms with Crippen LogP contribution in [-0.4, -0.2) is 48.2 Å². The summed E-state index contributed by atoms with van der Waals surface area (Å²) in [7, 11) is 0. The second-order valence-electron chi connectivity index (χ2n) is 10.4. The monoisotopic (exact) mass is 496 g/mol. The van der Waals surface area contributed by atoms with Gasteiger partial charge in [-0.15, -0.1) is 0 Å². The molecule has 0 unspecified atom stereocenters. The molecular formula is C31H32N2O4. The molecule has 0 bridgehead atoms. The van der Waals surface area contributed by atoms with Gasteiger partial charge in [0.05, 0.1) is 18.8 Å². The van der Waals surface area contributed by atoms with Gasteiger partial charge in [-0.3, -0.25) is 9.69 Å². The van der Waals surface area contributed by atoms with Crippen LogP contribution in [0.15, 0.2) is 72.8 Å². The number of aromatic carboxylic acids is 1. The fourth-order valence-corrected chi connectivity index (χ4v) is 5.06. The molecule has 1 fully saturated rings. The van der Waals surface area contributed by atoms with Gasteiger partial charge >= 0.3 is 5.97 Å². The van der Waals surface area contributed by atoms with Crippen molar-refractivity contribution in [3.05, 3.63) is 106 Å². The molecule has 1 heterocycles. The second kappa shape index (κ2) is 10.3. The van der Waals surface area contributed by atoms with Crippen LogP contribution in [0.1, 0.15) is 63.2 Å². The molecule has 1 saturated heterocycles. The largest absolute Gasteiger partial charge is 0.478 e. The van der Waals surface area contributed by atoms with Gasteiger partial charge in [-0.2, -0.15) is 0 Å². The average molecular weight is 497 g/mol. The van der Waals surface area contributed by atoms with E-state index in [0.717, 1.165) is 50.4 Å². The maximum Gasteiger partial charge on any atom is 0.335 e. The van der Waals surface area contributed by atoms with E-state index in [-0.39, 0.29) is 16.9 Å². The molecule has 0 spiro atoms. The van der Waals surface area contributed by atoms with Crippen molar-refractivity contribution in [3.8, 4) is 0 Å². The Labute approximate surface area is 217 Å². The van der Waals surface area contributed by atoms with Crippen molar-refractivity contribution in [1.29, 1.82) is 0 Å². The molecule has 6 heteroatoms. The standard InChI is InChI=1S/C31H32N2O4/c1-31(2)14-13-26(22-5-3-21(4-6-22)20-33-15-17-37-18-16-33)27-19-25(11-12-28(27)31)32-29(34)23-7-9-24(10-8-23)30(35)36/h3-13,19H,14-18,20H2,1-2H3,(H,32,34)(H,35,36). The van der Waals surface area contributed by atoms with Gasteiger partial charge in [-0.05, 0) is 76.1 Å². The number of rotatable bonds is 6. The number of carboxylic acids is 1. The second-order valence-corrected chi connectivity index (χ2v) is 10.4. The number of ether oxygens (including phenoxy) is 1. The first-order valence-electron chi connectivity index (χ1n) is 12.7. The molecule has 190 valence electrons. The molecule has 3 aromatic carbocycles. The van der Waals surface area contributed by atoms with Crippen LogP contribution < -0.4 is 5.32 Å². The van der Waals surface area contributed by atoms with Gasteiger partial charge in [0.2, 0.25) is 0 Å². The number of anilines is 1. The summed E-state index contributed by atoms with van der Waals surface area (Å²) in [5.41, 5.74) is 7.26. The molecule has 0 radical (unpaired) electrons. The molecule has 0 saturated carbocycles. The molecule has 2 aliphatic rings. The number of benzene rings is 3. The van der Waals surface area contributed by atoms with E-state index in [2.05, 4.69) is 60.5 Å². The first kappa shape index (κ1) is 24.9. The molecule has 1 aliphatic carbocycles. The summed E-state index contributed by atoms with van der Waals surface area (Å²) in [6, 6.07) is 20.8. The van der Waals surface area contributed by atoms with Crippen molar-refractivity contribution in [1.82, 2.24) is 4.90 Å². The van der Waals surface area contributed by atoms with Crippen LogP contribution in [0.2, 0.25) is 0 Å². The van der Waals surface area contributed by atoms with E-state index in [1.807, 2.05) is 12.1 Å². The number of amides is 1. The van der Waals surface area contributed by atoms with Crippen LogP contribution in [-0.2, 0) is 16.7 Å². The van der Waals surface area contributed by atoms with Crippen molar-refractivity contribution >= 4 is 23.1 Å². The first-order valence-corrected chi connectivity index (χ1v) is 12.7. The quantitative estimate of drug-likeness (QED) is 0.466. The highest BCUT2D eigenvalue weighted by atomic mass is 16.5. The topological polar surface area (TPSA) is 78.9 Å². The average Bonchev–Trinajstić information content (AvgIpc) is 2.90. The van der Waals surface area contributed by atoms with Gasteiger partial charge in [-0.1, -0.05) is 50.3 Å². The third-order valence-electron chi connectivity index (χ3n) is 7.28. The van der Waals surface area contributed by atoms with Crippen LogP contribution in [0.3, 0.4) is 0 Å². The van der Waals surface area contributed by atoms with E-state index >= 15 is 0 Å². The van der Waals surface area contributed by atoms with Crippen molar-refractivity contribution in [2.24, 2.45) is 0 Å². The summed E-state index contributed by atoms with van der Waals surface area (Å²) >= 11 is 0. The predicted octanol–water partition coefficient (Wildman–Crippen LogP) is 5.58. The zero-order chi connectivity index (χ0) is 26.0. The van der Waals surface area contributed by atoms with Crippen LogP contribution in [0, 0.1) is 0 Å². The Hall–Kier alpha value is -3.74. The lowest BCUT2D eigenvalue weighted by molar-refractivity contribution is 0.0342. The number of hydrogen-bond acceptors (Lipinski definition) is 4. The molecule has 2 N–H and O–H groups in total. The van der Waals surface area contributed by atoms with Gasteiger partial charge in [0.15, 0.2) is 0 Å². The minimum Gasteiger partial charge on any atom is -0.478 e. The Morgan fingerprint density at radius 2 is 1.62 bits per heavy atom. The molecule has 5 rings (SSSR count). The summed E-state index contributed by atoms with van der Waals surface area (Å²) in [4.78, 5) is 26.4. The van der Waals surface area contributed by atoms with Crippen molar-refractivity contribution in [2.45, 2.75) is 32.2 Å². The number of fused-ring (bicyclic) bond motifs is 1. The molecule has 1 aliphatic heterocycles. The fraction of sp³-hybridized carbons (Fsp3) is 0.290. The van der Waals surface area contributed by atoms with Crippen LogP contribution in [0.5, 0.6) is 0 Å². The van der Waals surface area contributed by atoms with Gasteiger partial charge in [0, 0.05) is 30.9 Å². The summed E-state index contributed by atoms with van der Waals surface area (Å²) in [6.07, 6.45) is 3.24. The minimum atomic E-state index is -1.02. The first-order chi connectivity index (χ1) is 17.8. The zero-order valence-electron chi connectivity index (χ0n) is 21.3. The van der Waals surface area contributed by atoms with E-state index in [9.17, 15) is 9.59 Å². The number of allylic oxidation sites excluding steroid dienone is 1. The highest BCUT2D eigenvalue weighted by Crippen LogP contribution is 2.42. The van der Waals surface area contributed by atoms with E-state index in [1.54, 1.807) is 0 Å². The van der Waals surface area contributed by atoms with Crippen LogP contribution >= 0.6 is 0 Å². The molecular weight excluding hydrogens is 464 g/mol. The number of morpholine rings is 1. The number of carbonyl (C=O) groups is 2. The fourth-order valence-electron chi connectivity index (χ4n) is 5.06. The van der Waals surface area contributed by atoms with Gasteiger partial charge in [0.1, 0.15) is 0 Å². The number of nitrogens with zero attached hydrogens (tertiary/aromatic N) is 1. The van der Waals surface area contributed by atoms with Crippen molar-refractivity contribution in [3.63, 3.8) is 0 Å². The van der Waals surface area contributed by atoms with Gasteiger partial charge < -0.3 is 15.2 Å². The summed E-state index contributed by atoms with van der Waals surface area (Å²) in [6.45, 7) is 8.94. The van der Waals surface area contributed by atoms with E-state index < -0.39 is 5.97 Å². The molecule has 3 aromatic rings. The number of hydrogen-bond donors (Lipinski definition) is 2. The van der Waals surface area contributed by atoms with Crippen molar-refractivity contribution < 1.29 is 19.4 Å². The molecule has 0 aromatic heterocycles. The Morgan fingerprint density at radius 3 is 2.30 bits per heavy atom. The Balaban J connectivity index is 1.38. The van der Waals surface area contributed by atoms with Gasteiger partial charge in [0.25, 0.3) is 5.91 Å². The minimum absolute atomic E-state index is 0.00961. The number of nitrogens with one attached hydrogen (secondary N) is 1. The molecule has 6 nitrogen and oxygen atoms in total. The van der Waals surface area contributed by atoms with E-state index in [4.69, 9.17) is 9.84 Å². The lowest BCUT2D eigenvalue weighted by Gasteiger charge is -2.33. The summed E-state index contributed by atoms with van der Waals surface area (Å²) in [5.74, 6) is -1.29. The summed E-state index contributed by atoms with van der Waals surface area (Å²) in [5, 5.41) is 12.1. The lowest BCUT2D eigenvalue weighted by atomic mass is 9.72. The number of carboxylic acid groups (broad SMARTS) is 1. The van der Waals surface area contributed by atoms with Gasteiger partial charge in [-0.25, -0.2) is 4.79 Å². The molecule has 37 heavy (non-hydrogen) atoms. The van der Waals surface area contributed by atoms with Crippen LogP contribution in [0.4, 0.5) is 5.69 Å². The predicted molar refractivity (Wildman–Crippen MR) is 145 cm³/mol. The Bertz CT molecular complexity index is 1330. The number of carbonyl (C=O) groups excluding carboxylic acids is 1. The highest BCUT2D eigenvalue weighted by Gasteiger charge is 2.29. The maximum atomic E-state index is 12.9. The lowest BCUT2D eigenvalue weighted by Crippen LogP contribution is -2.35. The third kappa shape index (κ3) is 5.50. The summed E-state index contributed by atoms with van der Waals surface area (Å²) < 4.78 is 5.46. The third-order valence-corrected chi connectivity index (χ3v) is 7.28. The molecule has 1 amide bonds. The highest BCUT2D eigenvalue weighted by molar-refractivity contribution is 6.05. The van der Waals surface area contributed by atoms with E-state index in [1.165, 1.54) is 41.0 Å². The Kier molecular flexibility index (Phi) is 6.96. The normalized spacial score (nSPS) is 17.0. The van der Waals surface area contributed by atoms with Crippen molar-refractivity contribution in [2.75, 3.05) is 31.6 Å².